The zero-order valence-electron chi connectivity index (χ0n) is 7.38. The molecule has 7 heteroatoms. The largest absolute Gasteiger partial charge is 0.498 e. The van der Waals surface area contributed by atoms with Gasteiger partial charge in [-0.2, -0.15) is 0 Å². The Bertz CT molecular complexity index is 246. The van der Waals surface area contributed by atoms with Crippen molar-refractivity contribution in [3.8, 4) is 6.07 Å². The Morgan fingerprint density at radius 3 is 2.92 bits per heavy atom. The zero-order chi connectivity index (χ0) is 9.68. The van der Waals surface area contributed by atoms with Gasteiger partial charge in [0.2, 0.25) is 0 Å². The van der Waals surface area contributed by atoms with Crippen molar-refractivity contribution >= 4 is 6.34 Å². The van der Waals surface area contributed by atoms with Crippen molar-refractivity contribution in [1.29, 1.82) is 0 Å². The molecular formula is C6H10N4O3. The maximum atomic E-state index is 9.92. The molecule has 1 heterocycles. The van der Waals surface area contributed by atoms with E-state index in [1.807, 2.05) is 0 Å². The molecule has 72 valence electrons. The van der Waals surface area contributed by atoms with Crippen LogP contribution in [0.5, 0.6) is 0 Å². The summed E-state index contributed by atoms with van der Waals surface area (Å²) in [5.41, 5.74) is 0. The van der Waals surface area contributed by atoms with Crippen molar-refractivity contribution in [1.82, 2.24) is 10.1 Å². The van der Waals surface area contributed by atoms with E-state index < -0.39 is 6.17 Å². The minimum absolute atomic E-state index is 0.337. The quantitative estimate of drug-likeness (QED) is 0.562. The molecule has 0 amide bonds. The van der Waals surface area contributed by atoms with Gasteiger partial charge in [0.1, 0.15) is 13.0 Å². The van der Waals surface area contributed by atoms with E-state index >= 15 is 0 Å². The molecule has 1 rings (SSSR count). The molecule has 0 N–H and O–H groups in total. The first-order valence-electron chi connectivity index (χ1n) is 3.54. The van der Waals surface area contributed by atoms with Gasteiger partial charge in [0, 0.05) is 5.01 Å². The molecule has 0 aromatic carbocycles. The van der Waals surface area contributed by atoms with Gasteiger partial charge in [-0.25, -0.2) is 10.1 Å². The highest BCUT2D eigenvalue weighted by molar-refractivity contribution is 5.54. The van der Waals surface area contributed by atoms with Gasteiger partial charge < -0.3 is 5.21 Å². The molecule has 0 saturated heterocycles. The SMILES string of the molecule is CON1C=NC(C#[N+][O-])N(OC)C1. The second-order valence-electron chi connectivity index (χ2n) is 2.20. The van der Waals surface area contributed by atoms with E-state index in [9.17, 15) is 5.21 Å². The van der Waals surface area contributed by atoms with Crippen LogP contribution in [0, 0.1) is 11.3 Å². The van der Waals surface area contributed by atoms with E-state index in [0.717, 1.165) is 0 Å². The molecule has 7 nitrogen and oxygen atoms in total. The molecule has 0 fully saturated rings. The summed E-state index contributed by atoms with van der Waals surface area (Å²) in [6.07, 6.45) is 0.840. The molecule has 0 aromatic heterocycles. The highest BCUT2D eigenvalue weighted by Gasteiger charge is 2.26. The van der Waals surface area contributed by atoms with Crippen LogP contribution in [0.4, 0.5) is 0 Å². The monoisotopic (exact) mass is 186 g/mol. The van der Waals surface area contributed by atoms with Crippen molar-refractivity contribution in [2.24, 2.45) is 4.99 Å². The van der Waals surface area contributed by atoms with Gasteiger partial charge in [0.05, 0.1) is 14.2 Å². The van der Waals surface area contributed by atoms with E-state index in [4.69, 9.17) is 9.68 Å². The molecule has 1 aliphatic heterocycles. The van der Waals surface area contributed by atoms with Crippen molar-refractivity contribution in [2.45, 2.75) is 6.17 Å². The molecule has 0 spiro atoms. The summed E-state index contributed by atoms with van der Waals surface area (Å²) in [6, 6.07) is 2.22. The van der Waals surface area contributed by atoms with Crippen molar-refractivity contribution in [2.75, 3.05) is 20.9 Å². The third-order valence-electron chi connectivity index (χ3n) is 1.53. The fourth-order valence-electron chi connectivity index (χ4n) is 0.870. The lowest BCUT2D eigenvalue weighted by Crippen LogP contribution is -2.45. The summed E-state index contributed by atoms with van der Waals surface area (Å²) in [6.45, 7) is 0.337. The van der Waals surface area contributed by atoms with Gasteiger partial charge in [-0.1, -0.05) is 0 Å². The molecule has 0 bridgehead atoms. The molecule has 13 heavy (non-hydrogen) atoms. The predicted octanol–water partition coefficient (Wildman–Crippen LogP) is -0.131. The normalized spacial score (nSPS) is 22.6. The van der Waals surface area contributed by atoms with Crippen LogP contribution in [-0.4, -0.2) is 43.5 Å². The highest BCUT2D eigenvalue weighted by atomic mass is 16.7. The van der Waals surface area contributed by atoms with Gasteiger partial charge in [-0.05, 0) is 0 Å². The van der Waals surface area contributed by atoms with Crippen LogP contribution < -0.4 is 0 Å². The number of rotatable bonds is 2. The first kappa shape index (κ1) is 9.73. The van der Waals surface area contributed by atoms with Crippen LogP contribution in [0.15, 0.2) is 4.99 Å². The van der Waals surface area contributed by atoms with Crippen LogP contribution in [-0.2, 0) is 9.68 Å². The van der Waals surface area contributed by atoms with Gasteiger partial charge >= 0.3 is 6.07 Å². The van der Waals surface area contributed by atoms with Crippen LogP contribution in [0.3, 0.4) is 0 Å². The lowest BCUT2D eigenvalue weighted by atomic mass is 10.5. The zero-order valence-corrected chi connectivity index (χ0v) is 7.38. The number of hydroxylamine groups is 4. The molecule has 1 atom stereocenters. The lowest BCUT2D eigenvalue weighted by molar-refractivity contribution is -0.220. The maximum Gasteiger partial charge on any atom is 0.344 e. The van der Waals surface area contributed by atoms with Crippen LogP contribution in [0.25, 0.3) is 5.01 Å². The number of hydrogen-bond acceptors (Lipinski definition) is 6. The highest BCUT2D eigenvalue weighted by Crippen LogP contribution is 2.07. The summed E-state index contributed by atoms with van der Waals surface area (Å²) >= 11 is 0. The van der Waals surface area contributed by atoms with Crippen molar-refractivity contribution in [3.63, 3.8) is 0 Å². The summed E-state index contributed by atoms with van der Waals surface area (Å²) in [7, 11) is 2.97. The topological polar surface area (TPSA) is 64.7 Å². The Morgan fingerprint density at radius 2 is 2.38 bits per heavy atom. The molecular weight excluding hydrogens is 176 g/mol. The predicted molar refractivity (Wildman–Crippen MR) is 45.5 cm³/mol. The fourth-order valence-corrected chi connectivity index (χ4v) is 0.870. The van der Waals surface area contributed by atoms with E-state index in [-0.39, 0.29) is 0 Å². The average Bonchev–Trinajstić information content (AvgIpc) is 2.19. The number of hydrogen-bond donors (Lipinski definition) is 0. The maximum absolute atomic E-state index is 9.92. The molecule has 0 aliphatic carbocycles. The van der Waals surface area contributed by atoms with Gasteiger partial charge in [-0.15, -0.1) is 5.06 Å². The van der Waals surface area contributed by atoms with E-state index in [1.54, 1.807) is 0 Å². The third-order valence-corrected chi connectivity index (χ3v) is 1.53. The second-order valence-corrected chi connectivity index (χ2v) is 2.20. The lowest BCUT2D eigenvalue weighted by Gasteiger charge is -2.29. The average molecular weight is 186 g/mol. The van der Waals surface area contributed by atoms with Crippen LogP contribution in [0.2, 0.25) is 0 Å². The molecule has 0 radical (unpaired) electrons. The molecule has 1 unspecified atom stereocenters. The van der Waals surface area contributed by atoms with E-state index in [0.29, 0.717) is 6.67 Å². The first-order valence-corrected chi connectivity index (χ1v) is 3.54. The fraction of sp³-hybridized carbons (Fsp3) is 0.667. The van der Waals surface area contributed by atoms with Crippen molar-refractivity contribution < 1.29 is 9.68 Å². The summed E-state index contributed by atoms with van der Waals surface area (Å²) < 4.78 is 0. The van der Waals surface area contributed by atoms with Crippen LogP contribution >= 0.6 is 0 Å². The Kier molecular flexibility index (Phi) is 3.45. The summed E-state index contributed by atoms with van der Waals surface area (Å²) in [5, 5.41) is 15.3. The standard InChI is InChI=1S/C6H10N4O3/c1-12-9-4-7-6(3-8-11)10(5-9)13-2/h4,6H,5H2,1-2H3. The molecule has 0 aromatic rings. The van der Waals surface area contributed by atoms with Crippen molar-refractivity contribution in [3.05, 3.63) is 10.2 Å². The van der Waals surface area contributed by atoms with Crippen LogP contribution in [0.1, 0.15) is 0 Å². The molecule has 0 saturated carbocycles. The van der Waals surface area contributed by atoms with Gasteiger partial charge in [0.25, 0.3) is 6.17 Å². The second kappa shape index (κ2) is 4.61. The summed E-state index contributed by atoms with van der Waals surface area (Å²) in [4.78, 5) is 13.7. The Labute approximate surface area is 75.5 Å². The first-order chi connectivity index (χ1) is 6.31. The molecule has 1 aliphatic rings. The van der Waals surface area contributed by atoms with E-state index in [2.05, 4.69) is 16.1 Å². The number of nitrogens with zero attached hydrogens (tertiary/aromatic N) is 4. The Hall–Kier alpha value is -1.36. The summed E-state index contributed by atoms with van der Waals surface area (Å²) in [5.74, 6) is 0. The number of aliphatic imine (C=N–C) groups is 1. The Balaban J connectivity index is 2.67. The van der Waals surface area contributed by atoms with Gasteiger partial charge in [0.15, 0.2) is 0 Å². The minimum atomic E-state index is -0.603. The third kappa shape index (κ3) is 2.29. The minimum Gasteiger partial charge on any atom is -0.498 e. The van der Waals surface area contributed by atoms with Gasteiger partial charge in [-0.3, -0.25) is 9.68 Å². The van der Waals surface area contributed by atoms with E-state index in [1.165, 1.54) is 30.7 Å². The Morgan fingerprint density at radius 1 is 1.62 bits per heavy atom. The smallest absolute Gasteiger partial charge is 0.344 e.